The summed E-state index contributed by atoms with van der Waals surface area (Å²) in [4.78, 5) is 20.2. The van der Waals surface area contributed by atoms with Crippen LogP contribution in [0.3, 0.4) is 0 Å². The number of rotatable bonds is 20. The number of methoxy groups -OCH3 is 1. The molecule has 0 aromatic heterocycles. The van der Waals surface area contributed by atoms with Crippen molar-refractivity contribution in [1.82, 2.24) is 0 Å². The number of carbonyl (C=O) groups is 2. The zero-order valence-electron chi connectivity index (χ0n) is 20.1. The van der Waals surface area contributed by atoms with Gasteiger partial charge in [-0.05, 0) is 32.1 Å². The molecule has 0 saturated heterocycles. The van der Waals surface area contributed by atoms with Crippen LogP contribution in [-0.4, -0.2) is 24.2 Å². The fraction of sp³-hybridized carbons (Fsp3) is 0.769. The number of hydrogen-bond donors (Lipinski definition) is 1. The molecule has 0 heterocycles. The van der Waals surface area contributed by atoms with E-state index in [4.69, 9.17) is 5.11 Å². The number of ether oxygens (including phenoxy) is 1. The largest absolute Gasteiger partial charge is 0.481 e. The van der Waals surface area contributed by atoms with Crippen LogP contribution in [0.4, 0.5) is 0 Å². The van der Waals surface area contributed by atoms with Crippen LogP contribution in [0.5, 0.6) is 0 Å². The van der Waals surface area contributed by atoms with Crippen LogP contribution in [-0.2, 0) is 31.4 Å². The Morgan fingerprint density at radius 3 is 1.45 bits per heavy atom. The second kappa shape index (κ2) is 31.1. The van der Waals surface area contributed by atoms with Crippen molar-refractivity contribution in [2.75, 3.05) is 7.11 Å². The summed E-state index contributed by atoms with van der Waals surface area (Å²) >= 11 is 0. The van der Waals surface area contributed by atoms with Gasteiger partial charge in [-0.1, -0.05) is 103 Å². The summed E-state index contributed by atoms with van der Waals surface area (Å²) in [6, 6.07) is 0. The predicted octanol–water partition coefficient (Wildman–Crippen LogP) is 8.01. The molecule has 0 aliphatic rings. The van der Waals surface area contributed by atoms with E-state index in [1.54, 1.807) is 0 Å². The van der Waals surface area contributed by atoms with E-state index in [9.17, 15) is 9.59 Å². The molecule has 1 radical (unpaired) electrons. The minimum atomic E-state index is -0.656. The summed E-state index contributed by atoms with van der Waals surface area (Å²) in [6.07, 6.45) is 28.2. The van der Waals surface area contributed by atoms with Gasteiger partial charge in [-0.25, -0.2) is 4.79 Å². The summed E-state index contributed by atoms with van der Waals surface area (Å²) in [5.74, 6) is -1.05. The number of aliphatic carboxylic acids is 1. The average Bonchev–Trinajstić information content (AvgIpc) is 2.75. The summed E-state index contributed by atoms with van der Waals surface area (Å²) in [5.41, 5.74) is 0. The van der Waals surface area contributed by atoms with E-state index in [1.165, 1.54) is 103 Å². The van der Waals surface area contributed by atoms with Crippen LogP contribution in [0.25, 0.3) is 0 Å². The predicted molar refractivity (Wildman–Crippen MR) is 128 cm³/mol. The van der Waals surface area contributed by atoms with Crippen LogP contribution < -0.4 is 0 Å². The van der Waals surface area contributed by atoms with Gasteiger partial charge in [0.2, 0.25) is 0 Å². The average molecular weight is 488 g/mol. The number of unbranched alkanes of at least 4 members (excludes halogenated alkanes) is 15. The van der Waals surface area contributed by atoms with E-state index in [0.29, 0.717) is 6.42 Å². The van der Waals surface area contributed by atoms with Gasteiger partial charge in [0.15, 0.2) is 0 Å². The van der Waals surface area contributed by atoms with E-state index in [1.807, 2.05) is 0 Å². The Kier molecular flexibility index (Phi) is 34.7. The molecule has 0 aromatic carbocycles. The van der Waals surface area contributed by atoms with Crippen molar-refractivity contribution in [1.29, 1.82) is 0 Å². The second-order valence-electron chi connectivity index (χ2n) is 7.87. The third-order valence-corrected chi connectivity index (χ3v) is 5.02. The molecule has 0 unspecified atom stereocenters. The number of esters is 1. The zero-order chi connectivity index (χ0) is 22.7. The van der Waals surface area contributed by atoms with Gasteiger partial charge < -0.3 is 9.84 Å². The molecule has 5 heteroatoms. The molecule has 0 amide bonds. The Bertz CT molecular complexity index is 422. The van der Waals surface area contributed by atoms with Crippen LogP contribution in [0.15, 0.2) is 24.8 Å². The van der Waals surface area contributed by atoms with Gasteiger partial charge in [0.05, 0.1) is 7.11 Å². The minimum Gasteiger partial charge on any atom is -0.481 e. The summed E-state index contributed by atoms with van der Waals surface area (Å²) < 4.78 is 4.14. The molecule has 0 spiro atoms. The van der Waals surface area contributed by atoms with Crippen LogP contribution >= 0.6 is 0 Å². The smallest absolute Gasteiger partial charge is 0.329 e. The Labute approximate surface area is 202 Å². The minimum absolute atomic E-state index is 0. The first-order valence-electron chi connectivity index (χ1n) is 12.2. The van der Waals surface area contributed by atoms with Crippen LogP contribution in [0.2, 0.25) is 0 Å². The first-order valence-corrected chi connectivity index (χ1v) is 12.2. The van der Waals surface area contributed by atoms with Crippen molar-refractivity contribution in [3.8, 4) is 0 Å². The molecule has 0 rings (SSSR count). The van der Waals surface area contributed by atoms with Crippen molar-refractivity contribution < 1.29 is 36.5 Å². The number of allylic oxidation sites excluding steroid dienone is 2. The first kappa shape index (κ1) is 34.5. The molecule has 0 bridgehead atoms. The fourth-order valence-corrected chi connectivity index (χ4v) is 3.14. The van der Waals surface area contributed by atoms with Crippen molar-refractivity contribution in [3.05, 3.63) is 24.8 Å². The molecule has 187 valence electrons. The summed E-state index contributed by atoms with van der Waals surface area (Å²) in [6.45, 7) is 5.43. The van der Waals surface area contributed by atoms with Crippen molar-refractivity contribution >= 4 is 11.9 Å². The van der Waals surface area contributed by atoms with Crippen molar-refractivity contribution in [2.24, 2.45) is 0 Å². The molecule has 1 N–H and O–H groups in total. The zero-order valence-corrected chi connectivity index (χ0v) is 21.1. The molecule has 31 heavy (non-hydrogen) atoms. The maximum atomic E-state index is 10.4. The number of carboxylic acid groups (broad SMARTS) is 1. The van der Waals surface area contributed by atoms with Gasteiger partial charge in [-0.2, -0.15) is 0 Å². The normalized spacial score (nSPS) is 10.1. The Morgan fingerprint density at radius 1 is 0.742 bits per heavy atom. The number of carbonyl (C=O) groups excluding carboxylic acids is 1. The summed E-state index contributed by atoms with van der Waals surface area (Å²) in [7, 11) is 1.31. The molecular weight excluding hydrogens is 440 g/mol. The molecule has 0 atom stereocenters. The Balaban J connectivity index is -0.000000976. The molecule has 0 aliphatic carbocycles. The monoisotopic (exact) mass is 487 g/mol. The van der Waals surface area contributed by atoms with Gasteiger partial charge in [-0.3, -0.25) is 4.79 Å². The molecule has 4 nitrogen and oxygen atoms in total. The first-order chi connectivity index (χ1) is 14.6. The van der Waals surface area contributed by atoms with Gasteiger partial charge in [0.25, 0.3) is 0 Å². The standard InChI is InChI=1S/C22H42O2.C4H6O2.Cu/c1-2-3-4-5-6-7-8-9-10-11-12-13-14-15-16-17-18-19-20-21-22(23)24;1-3-4(5)6-2;/h9-10H,2-8,11-21H2,1H3,(H,23,24);3H,1H2,2H3;/b10-9-;;. The Hall–Kier alpha value is -1.06. The SMILES string of the molecule is C=CC(=O)OC.CCCCCCCC/C=C\CCCCCCCCCCCC(=O)O.[Cu]. The maximum absolute atomic E-state index is 10.4. The molecule has 0 saturated carbocycles. The topological polar surface area (TPSA) is 63.6 Å². The number of hydrogen-bond acceptors (Lipinski definition) is 3. The fourth-order valence-electron chi connectivity index (χ4n) is 3.14. The second-order valence-corrected chi connectivity index (χ2v) is 7.87. The third kappa shape index (κ3) is 36.6. The van der Waals surface area contributed by atoms with Crippen molar-refractivity contribution in [2.45, 2.75) is 122 Å². The van der Waals surface area contributed by atoms with Crippen LogP contribution in [0, 0.1) is 0 Å². The maximum Gasteiger partial charge on any atom is 0.329 e. The molecule has 0 fully saturated rings. The molecule has 0 aliphatic heterocycles. The van der Waals surface area contributed by atoms with Crippen LogP contribution in [0.1, 0.15) is 122 Å². The number of carboxylic acids is 1. The molecule has 0 aromatic rings. The van der Waals surface area contributed by atoms with E-state index >= 15 is 0 Å². The quantitative estimate of drug-likeness (QED) is 0.0620. The Morgan fingerprint density at radius 2 is 1.13 bits per heavy atom. The van der Waals surface area contributed by atoms with Gasteiger partial charge >= 0.3 is 11.9 Å². The van der Waals surface area contributed by atoms with E-state index in [-0.39, 0.29) is 17.1 Å². The third-order valence-electron chi connectivity index (χ3n) is 5.02. The van der Waals surface area contributed by atoms with Crippen molar-refractivity contribution in [3.63, 3.8) is 0 Å². The summed E-state index contributed by atoms with van der Waals surface area (Å²) in [5, 5.41) is 8.55. The van der Waals surface area contributed by atoms with E-state index < -0.39 is 11.9 Å². The van der Waals surface area contributed by atoms with Gasteiger partial charge in [0, 0.05) is 29.6 Å². The van der Waals surface area contributed by atoms with E-state index in [2.05, 4.69) is 30.4 Å². The molecular formula is C26H48CuO4. The van der Waals surface area contributed by atoms with E-state index in [0.717, 1.165) is 18.9 Å². The van der Waals surface area contributed by atoms with Gasteiger partial charge in [-0.15, -0.1) is 0 Å². The van der Waals surface area contributed by atoms with Gasteiger partial charge in [0.1, 0.15) is 0 Å².